The van der Waals surface area contributed by atoms with Crippen LogP contribution in [0.2, 0.25) is 0 Å². The Labute approximate surface area is 368 Å². The van der Waals surface area contributed by atoms with Crippen molar-refractivity contribution in [1.29, 1.82) is 0 Å². The van der Waals surface area contributed by atoms with Crippen LogP contribution in [0.3, 0.4) is 0 Å². The van der Waals surface area contributed by atoms with Crippen molar-refractivity contribution in [1.82, 2.24) is 4.57 Å². The molecule has 1 aliphatic heterocycles. The third-order valence-electron chi connectivity index (χ3n) is 12.0. The second kappa shape index (κ2) is 21.3. The van der Waals surface area contributed by atoms with Crippen LogP contribution in [0.15, 0.2) is 173 Å². The quantitative estimate of drug-likeness (QED) is 0.0319. The number of carbonyl (C=O) groups excluding carboxylic acids is 1. The Bertz CT molecular complexity index is 2370. The van der Waals surface area contributed by atoms with Crippen molar-refractivity contribution in [3.05, 3.63) is 174 Å². The van der Waals surface area contributed by atoms with Crippen molar-refractivity contribution >= 4 is 52.2 Å². The van der Waals surface area contributed by atoms with E-state index >= 15 is 0 Å². The first-order valence-corrected chi connectivity index (χ1v) is 22.6. The molecule has 0 radical (unpaired) electrons. The van der Waals surface area contributed by atoms with Gasteiger partial charge in [0.1, 0.15) is 6.21 Å². The minimum absolute atomic E-state index is 0.214. The molecule has 5 aromatic rings. The van der Waals surface area contributed by atoms with Gasteiger partial charge in [-0.2, -0.15) is 14.8 Å². The first-order valence-electron chi connectivity index (χ1n) is 22.6. The minimum Gasteiger partial charge on any atom is -0.871 e. The van der Waals surface area contributed by atoms with Crippen molar-refractivity contribution in [3.8, 4) is 0 Å². The van der Waals surface area contributed by atoms with Crippen LogP contribution >= 0.6 is 0 Å². The molecular weight excluding hydrogens is 765 g/mol. The maximum Gasteiger partial charge on any atom is 0.226 e. The summed E-state index contributed by atoms with van der Waals surface area (Å²) in [5.74, 6) is 0.325. The Balaban J connectivity index is 1.30. The number of unbranched alkanes of at least 4 members (excludes halogenated alkanes) is 2. The van der Waals surface area contributed by atoms with Gasteiger partial charge >= 0.3 is 0 Å². The molecule has 318 valence electrons. The Hall–Kier alpha value is -6.54. The first kappa shape index (κ1) is 43.5. The average Bonchev–Trinajstić information content (AvgIpc) is 3.89. The van der Waals surface area contributed by atoms with Gasteiger partial charge in [0.2, 0.25) is 17.2 Å². The highest BCUT2D eigenvalue weighted by molar-refractivity contribution is 6.39. The molecule has 1 aromatic heterocycles. The summed E-state index contributed by atoms with van der Waals surface area (Å²) in [6.45, 7) is 10.2. The number of ketones is 1. The van der Waals surface area contributed by atoms with E-state index in [0.717, 1.165) is 85.5 Å². The zero-order valence-electron chi connectivity index (χ0n) is 36.7. The molecule has 7 rings (SSSR count). The second-order valence-corrected chi connectivity index (χ2v) is 16.2. The molecule has 4 aromatic carbocycles. The Morgan fingerprint density at radius 3 is 1.56 bits per heavy atom. The van der Waals surface area contributed by atoms with Crippen molar-refractivity contribution in [2.24, 2.45) is 22.0 Å². The van der Waals surface area contributed by atoms with Crippen LogP contribution in [-0.2, 0) is 11.3 Å². The molecule has 0 saturated heterocycles. The van der Waals surface area contributed by atoms with E-state index in [1.807, 2.05) is 168 Å². The molecule has 2 atom stereocenters. The number of hydrazone groups is 2. The second-order valence-electron chi connectivity index (χ2n) is 16.2. The van der Waals surface area contributed by atoms with Gasteiger partial charge < -0.3 is 9.67 Å². The van der Waals surface area contributed by atoms with Gasteiger partial charge in [0.25, 0.3) is 0 Å². The van der Waals surface area contributed by atoms with Crippen molar-refractivity contribution in [2.45, 2.75) is 85.6 Å². The van der Waals surface area contributed by atoms with E-state index in [9.17, 15) is 9.90 Å². The molecule has 0 bridgehead atoms. The monoisotopic (exact) mass is 824 g/mol. The van der Waals surface area contributed by atoms with E-state index < -0.39 is 0 Å². The lowest BCUT2D eigenvalue weighted by Gasteiger charge is -2.32. The van der Waals surface area contributed by atoms with Crippen LogP contribution in [0.25, 0.3) is 5.57 Å². The van der Waals surface area contributed by atoms with Gasteiger partial charge in [-0.1, -0.05) is 138 Å². The molecule has 1 aliphatic carbocycles. The standard InChI is InChI=1S/C54H60N6O2/c1-5-9-23-41(7-3)39-57-47(37-55-59(43-25-15-11-16-26-43)44-27-17-12-18-28-44)33-35-49(57)51-53(61)52(54(51)62)50-36-34-48(58(50)40-42(8-4)24-10-6-2)38-56-60(45-29-19-13-20-30-45)46-31-21-14-22-32-46/h11-22,25-38,41-42H,5-10,23-24,39-40H2,1-4H3. The zero-order chi connectivity index (χ0) is 43.3. The number of anilines is 4. The summed E-state index contributed by atoms with van der Waals surface area (Å²) in [6, 6.07) is 44.2. The summed E-state index contributed by atoms with van der Waals surface area (Å²) >= 11 is 0. The summed E-state index contributed by atoms with van der Waals surface area (Å²) in [4.78, 5) is 14.6. The lowest BCUT2D eigenvalue weighted by Crippen LogP contribution is -2.34. The molecule has 62 heavy (non-hydrogen) atoms. The van der Waals surface area contributed by atoms with Crippen molar-refractivity contribution in [2.75, 3.05) is 16.6 Å². The molecule has 8 heteroatoms. The number of allylic oxidation sites excluding steroid dienone is 4. The molecule has 8 nitrogen and oxygen atoms in total. The summed E-state index contributed by atoms with van der Waals surface area (Å²) in [7, 11) is 0. The predicted molar refractivity (Wildman–Crippen MR) is 255 cm³/mol. The van der Waals surface area contributed by atoms with E-state index in [1.165, 1.54) is 0 Å². The third kappa shape index (κ3) is 9.97. The highest BCUT2D eigenvalue weighted by Gasteiger charge is 2.39. The number of carbonyl (C=O) groups is 1. The maximum atomic E-state index is 14.6. The fourth-order valence-corrected chi connectivity index (χ4v) is 8.32. The predicted octanol–water partition coefficient (Wildman–Crippen LogP) is 11.8. The molecule has 2 aliphatic rings. The van der Waals surface area contributed by atoms with Crippen LogP contribution in [-0.4, -0.2) is 39.6 Å². The highest BCUT2D eigenvalue weighted by Crippen LogP contribution is 2.39. The molecule has 0 fully saturated rings. The maximum absolute atomic E-state index is 14.6. The van der Waals surface area contributed by atoms with E-state index in [1.54, 1.807) is 0 Å². The summed E-state index contributed by atoms with van der Waals surface area (Å²) in [5, 5.41) is 28.5. The summed E-state index contributed by atoms with van der Waals surface area (Å²) in [6.07, 6.45) is 16.2. The van der Waals surface area contributed by atoms with Crippen LogP contribution < -0.4 is 15.1 Å². The largest absolute Gasteiger partial charge is 0.871 e. The number of nitrogens with zero attached hydrogens (tertiary/aromatic N) is 6. The molecule has 2 unspecified atom stereocenters. The lowest BCUT2D eigenvalue weighted by molar-refractivity contribution is -0.476. The number of hydrogen-bond acceptors (Lipinski definition) is 6. The topological polar surface area (TPSA) is 79.3 Å². The lowest BCUT2D eigenvalue weighted by atomic mass is 9.84. The number of Topliss-reactive ketones (excluding diaryl/α,β-unsaturated/α-hetero) is 1. The zero-order valence-corrected chi connectivity index (χ0v) is 36.7. The number of benzene rings is 4. The van der Waals surface area contributed by atoms with Crippen molar-refractivity contribution < 1.29 is 14.5 Å². The number of para-hydroxylation sites is 4. The molecule has 0 spiro atoms. The van der Waals surface area contributed by atoms with Crippen LogP contribution in [0.1, 0.15) is 90.4 Å². The van der Waals surface area contributed by atoms with Gasteiger partial charge in [0.15, 0.2) is 6.54 Å². The van der Waals surface area contributed by atoms with Gasteiger partial charge in [-0.3, -0.25) is 4.79 Å². The summed E-state index contributed by atoms with van der Waals surface area (Å²) in [5.41, 5.74) is 7.21. The molecule has 0 N–H and O–H groups in total. The molecule has 2 heterocycles. The number of rotatable bonds is 21. The van der Waals surface area contributed by atoms with Gasteiger partial charge in [0, 0.05) is 30.2 Å². The number of aromatic nitrogens is 1. The summed E-state index contributed by atoms with van der Waals surface area (Å²) < 4.78 is 4.31. The van der Waals surface area contributed by atoms with Gasteiger partial charge in [-0.05, 0) is 85.8 Å². The fraction of sp³-hybridized carbons (Fsp3) is 0.296. The number of hydrogen-bond donors (Lipinski definition) is 0. The molecular formula is C54H60N6O2. The Morgan fingerprint density at radius 2 is 1.10 bits per heavy atom. The smallest absolute Gasteiger partial charge is 0.226 e. The normalized spacial score (nSPS) is 16.2. The van der Waals surface area contributed by atoms with Gasteiger partial charge in [0.05, 0.1) is 45.9 Å². The van der Waals surface area contributed by atoms with E-state index in [2.05, 4.69) is 36.8 Å². The Morgan fingerprint density at radius 1 is 0.613 bits per heavy atom. The highest BCUT2D eigenvalue weighted by atomic mass is 16.3. The molecule has 0 saturated carbocycles. The van der Waals surface area contributed by atoms with E-state index in [0.29, 0.717) is 36.3 Å². The SMILES string of the molecule is CCCCC(CC)Cn1c(/C=N/N(c2ccccc2)c2ccccc2)ccc1C1=C([O-])/C(=C2\C=CC(/C=N/N(c3ccccc3)c3ccccc3)=[N+]2CC(CC)CCCC)C1=O. The van der Waals surface area contributed by atoms with E-state index in [4.69, 9.17) is 10.2 Å². The average molecular weight is 825 g/mol. The van der Waals surface area contributed by atoms with Crippen molar-refractivity contribution in [3.63, 3.8) is 0 Å². The van der Waals surface area contributed by atoms with Crippen LogP contribution in [0, 0.1) is 11.8 Å². The van der Waals surface area contributed by atoms with Crippen LogP contribution in [0.4, 0.5) is 22.7 Å². The first-order chi connectivity index (χ1) is 30.4. The van der Waals surface area contributed by atoms with Gasteiger partial charge in [-0.15, -0.1) is 0 Å². The van der Waals surface area contributed by atoms with E-state index in [-0.39, 0.29) is 22.7 Å². The third-order valence-corrected chi connectivity index (χ3v) is 12.0. The molecule has 0 amide bonds. The van der Waals surface area contributed by atoms with Crippen LogP contribution in [0.5, 0.6) is 0 Å². The fourth-order valence-electron chi connectivity index (χ4n) is 8.32. The van der Waals surface area contributed by atoms with Gasteiger partial charge in [-0.25, -0.2) is 10.0 Å². The minimum atomic E-state index is -0.214. The Kier molecular flexibility index (Phi) is 15.0.